The van der Waals surface area contributed by atoms with Crippen molar-refractivity contribution in [2.45, 2.75) is 68.7 Å². The Balaban J connectivity index is 1.54. The molecule has 0 saturated carbocycles. The van der Waals surface area contributed by atoms with E-state index in [-0.39, 0.29) is 44.9 Å². The van der Waals surface area contributed by atoms with Gasteiger partial charge >= 0.3 is 12.1 Å². The van der Waals surface area contributed by atoms with Crippen molar-refractivity contribution in [2.75, 3.05) is 11.9 Å². The molecule has 3 atom stereocenters. The molecule has 2 heterocycles. The van der Waals surface area contributed by atoms with E-state index in [0.717, 1.165) is 4.31 Å². The average molecular weight is 755 g/mol. The van der Waals surface area contributed by atoms with Crippen LogP contribution in [-0.4, -0.2) is 76.5 Å². The summed E-state index contributed by atoms with van der Waals surface area (Å²) in [5, 5.41) is 18.1. The predicted molar refractivity (Wildman–Crippen MR) is 183 cm³/mol. The first-order chi connectivity index (χ1) is 22.8. The number of sulfonamides is 1. The Morgan fingerprint density at radius 3 is 2.27 bits per heavy atom. The summed E-state index contributed by atoms with van der Waals surface area (Å²) >= 11 is 18.2. The molecule has 1 unspecified atom stereocenters. The smallest absolute Gasteiger partial charge is 0.407 e. The Morgan fingerprint density at radius 2 is 1.69 bits per heavy atom. The van der Waals surface area contributed by atoms with Gasteiger partial charge in [0.25, 0.3) is 5.91 Å². The minimum Gasteiger partial charge on any atom is -0.480 e. The van der Waals surface area contributed by atoms with E-state index in [1.54, 1.807) is 32.9 Å². The van der Waals surface area contributed by atoms with E-state index in [2.05, 4.69) is 20.9 Å². The van der Waals surface area contributed by atoms with Crippen LogP contribution in [0.25, 0.3) is 0 Å². The summed E-state index contributed by atoms with van der Waals surface area (Å²) in [6.07, 6.45) is 1.37. The van der Waals surface area contributed by atoms with Crippen LogP contribution in [0.15, 0.2) is 65.8 Å². The fourth-order valence-electron chi connectivity index (χ4n) is 5.24. The van der Waals surface area contributed by atoms with Crippen LogP contribution in [0.1, 0.15) is 50.0 Å². The molecule has 4 rings (SSSR count). The zero-order valence-corrected chi connectivity index (χ0v) is 29.9. The minimum atomic E-state index is -4.38. The second-order valence-electron chi connectivity index (χ2n) is 12.5. The summed E-state index contributed by atoms with van der Waals surface area (Å²) in [6.45, 7) is 6.05. The Labute approximate surface area is 298 Å². The summed E-state index contributed by atoms with van der Waals surface area (Å²) in [4.78, 5) is 55.2. The van der Waals surface area contributed by atoms with Crippen LogP contribution in [0.3, 0.4) is 0 Å². The molecule has 4 N–H and O–H groups in total. The molecule has 0 bridgehead atoms. The zero-order chi connectivity index (χ0) is 36.3. The summed E-state index contributed by atoms with van der Waals surface area (Å²) in [5.41, 5.74) is -1.80. The van der Waals surface area contributed by atoms with Crippen molar-refractivity contribution >= 4 is 74.4 Å². The quantitative estimate of drug-likeness (QED) is 0.217. The molecule has 0 spiro atoms. The van der Waals surface area contributed by atoms with Gasteiger partial charge in [-0.3, -0.25) is 14.6 Å². The number of pyridine rings is 1. The SMILES string of the molecule is CC(C)(C)OC(=O)N[C@H]1CN(S(=O)(=O)c2cccc(Cl)c2)C(C)(C(=O)N[C@@H](Cc2ccc(NC(=O)c3c(Cl)cncc3Cl)cc2)C(=O)O)C1. The fourth-order valence-corrected chi connectivity index (χ4v) is 7.87. The molecule has 1 aliphatic heterocycles. The lowest BCUT2D eigenvalue weighted by Gasteiger charge is -2.33. The van der Waals surface area contributed by atoms with Gasteiger partial charge in [0.2, 0.25) is 15.9 Å². The van der Waals surface area contributed by atoms with Crippen LogP contribution in [0.2, 0.25) is 15.1 Å². The van der Waals surface area contributed by atoms with Crippen molar-refractivity contribution in [2.24, 2.45) is 0 Å². The number of carbonyl (C=O) groups is 4. The minimum absolute atomic E-state index is 0.0337. The highest BCUT2D eigenvalue weighted by atomic mass is 35.5. The van der Waals surface area contributed by atoms with Crippen LogP contribution in [0, 0.1) is 0 Å². The van der Waals surface area contributed by atoms with Gasteiger partial charge in [0.15, 0.2) is 0 Å². The van der Waals surface area contributed by atoms with E-state index < -0.39 is 57.1 Å². The summed E-state index contributed by atoms with van der Waals surface area (Å²) in [6, 6.07) is 9.32. The number of aliphatic carboxylic acids is 1. The maximum absolute atomic E-state index is 13.9. The molecular weight excluding hydrogens is 721 g/mol. The Hall–Kier alpha value is -3.95. The second-order valence-corrected chi connectivity index (χ2v) is 15.6. The van der Waals surface area contributed by atoms with Gasteiger partial charge in [-0.15, -0.1) is 0 Å². The molecule has 0 aliphatic carbocycles. The Bertz CT molecular complexity index is 1850. The van der Waals surface area contributed by atoms with E-state index >= 15 is 0 Å². The van der Waals surface area contributed by atoms with E-state index in [4.69, 9.17) is 39.5 Å². The van der Waals surface area contributed by atoms with Gasteiger partial charge in [0.1, 0.15) is 17.2 Å². The van der Waals surface area contributed by atoms with Crippen LogP contribution in [0.5, 0.6) is 0 Å². The monoisotopic (exact) mass is 753 g/mol. The molecule has 0 radical (unpaired) electrons. The van der Waals surface area contributed by atoms with Gasteiger partial charge in [0, 0.05) is 42.1 Å². The van der Waals surface area contributed by atoms with Gasteiger partial charge in [0.05, 0.1) is 20.5 Å². The number of amides is 3. The highest BCUT2D eigenvalue weighted by Crippen LogP contribution is 2.36. The molecule has 1 aromatic heterocycles. The number of nitrogens with one attached hydrogen (secondary N) is 3. The van der Waals surface area contributed by atoms with Crippen LogP contribution < -0.4 is 16.0 Å². The molecule has 13 nitrogen and oxygen atoms in total. The number of rotatable bonds is 10. The number of hydrogen-bond donors (Lipinski definition) is 4. The first kappa shape index (κ1) is 37.9. The largest absolute Gasteiger partial charge is 0.480 e. The molecule has 3 amide bonds. The first-order valence-corrected chi connectivity index (χ1v) is 17.4. The van der Waals surface area contributed by atoms with Gasteiger partial charge in [-0.1, -0.05) is 53.0 Å². The van der Waals surface area contributed by atoms with Crippen LogP contribution >= 0.6 is 34.8 Å². The highest BCUT2D eigenvalue weighted by Gasteiger charge is 2.54. The predicted octanol–water partition coefficient (Wildman–Crippen LogP) is 5.15. The van der Waals surface area contributed by atoms with E-state index in [1.165, 1.54) is 55.7 Å². The number of carbonyl (C=O) groups excluding carboxylic acids is 3. The lowest BCUT2D eigenvalue weighted by atomic mass is 9.96. The van der Waals surface area contributed by atoms with Gasteiger partial charge in [-0.25, -0.2) is 18.0 Å². The number of hydrogen-bond acceptors (Lipinski definition) is 8. The summed E-state index contributed by atoms with van der Waals surface area (Å²) in [7, 11) is -4.38. The number of benzene rings is 2. The highest BCUT2D eigenvalue weighted by molar-refractivity contribution is 7.89. The number of alkyl carbamates (subject to hydrolysis) is 1. The van der Waals surface area contributed by atoms with Crippen molar-refractivity contribution < 1.29 is 37.4 Å². The Kier molecular flexibility index (Phi) is 11.5. The number of anilines is 1. The molecule has 1 aliphatic rings. The number of carboxylic acids is 1. The molecule has 262 valence electrons. The number of halogens is 3. The van der Waals surface area contributed by atoms with Crippen molar-refractivity contribution in [3.63, 3.8) is 0 Å². The zero-order valence-electron chi connectivity index (χ0n) is 26.8. The summed E-state index contributed by atoms with van der Waals surface area (Å²) in [5.74, 6) is -2.85. The second kappa shape index (κ2) is 14.9. The fraction of sp³-hybridized carbons (Fsp3) is 0.344. The molecule has 3 aromatic rings. The van der Waals surface area contributed by atoms with Gasteiger partial charge in [-0.2, -0.15) is 4.31 Å². The third kappa shape index (κ3) is 9.19. The van der Waals surface area contributed by atoms with Crippen LogP contribution in [-0.2, 0) is 30.8 Å². The molecule has 17 heteroatoms. The maximum atomic E-state index is 13.9. The lowest BCUT2D eigenvalue weighted by molar-refractivity contribution is -0.143. The normalized spacial score (nSPS) is 18.7. The van der Waals surface area contributed by atoms with Crippen molar-refractivity contribution in [1.29, 1.82) is 0 Å². The van der Waals surface area contributed by atoms with Gasteiger partial charge in [-0.05, 0) is 70.0 Å². The third-order valence-corrected chi connectivity index (χ3v) is 10.3. The molecule has 49 heavy (non-hydrogen) atoms. The lowest BCUT2D eigenvalue weighted by Crippen LogP contribution is -2.58. The maximum Gasteiger partial charge on any atom is 0.407 e. The number of ether oxygens (including phenoxy) is 1. The van der Waals surface area contributed by atoms with Crippen molar-refractivity contribution in [3.8, 4) is 0 Å². The number of carboxylic acid groups (broad SMARTS) is 1. The average Bonchev–Trinajstić information content (AvgIpc) is 3.34. The molecule has 1 saturated heterocycles. The number of aromatic nitrogens is 1. The van der Waals surface area contributed by atoms with E-state index in [0.29, 0.717) is 11.3 Å². The first-order valence-electron chi connectivity index (χ1n) is 14.8. The van der Waals surface area contributed by atoms with Crippen molar-refractivity contribution in [3.05, 3.63) is 87.1 Å². The topological polar surface area (TPSA) is 184 Å². The Morgan fingerprint density at radius 1 is 1.06 bits per heavy atom. The molecule has 1 fully saturated rings. The van der Waals surface area contributed by atoms with E-state index in [9.17, 15) is 32.7 Å². The van der Waals surface area contributed by atoms with Crippen LogP contribution in [0.4, 0.5) is 10.5 Å². The van der Waals surface area contributed by atoms with E-state index in [1.807, 2.05) is 0 Å². The number of nitrogens with zero attached hydrogens (tertiary/aromatic N) is 2. The standard InChI is InChI=1S/C32H34Cl3N5O8S/c1-31(2,3)48-30(45)38-21-14-32(4,40(17-21)49(46,47)22-7-5-6-19(33)13-22)29(44)39-25(28(42)43)12-18-8-10-20(11-9-18)37-27(41)26-23(34)15-36-16-24(26)35/h5-11,13,15-16,21,25H,12,14,17H2,1-4H3,(H,37,41)(H,38,45)(H,39,44)(H,42,43)/t21-,25+,32?/m1/s1. The third-order valence-electron chi connectivity index (χ3n) is 7.51. The molecular formula is C32H34Cl3N5O8S. The van der Waals surface area contributed by atoms with Crippen molar-refractivity contribution in [1.82, 2.24) is 19.9 Å². The summed E-state index contributed by atoms with van der Waals surface area (Å²) < 4.78 is 34.0. The van der Waals surface area contributed by atoms with Gasteiger partial charge < -0.3 is 25.8 Å². The molecule has 2 aromatic carbocycles.